The molecule has 0 bridgehead atoms. The second-order valence-corrected chi connectivity index (χ2v) is 6.28. The van der Waals surface area contributed by atoms with Gasteiger partial charge in [-0.05, 0) is 48.5 Å². The van der Waals surface area contributed by atoms with Crippen molar-refractivity contribution in [2.75, 3.05) is 10.6 Å². The number of amides is 2. The second kappa shape index (κ2) is 6.77. The van der Waals surface area contributed by atoms with E-state index >= 15 is 0 Å². The summed E-state index contributed by atoms with van der Waals surface area (Å²) >= 11 is 18.2. The highest BCUT2D eigenvalue weighted by Gasteiger charge is 2.13. The van der Waals surface area contributed by atoms with Crippen LogP contribution in [0.5, 0.6) is 5.75 Å². The van der Waals surface area contributed by atoms with Gasteiger partial charge in [0, 0.05) is 21.5 Å². The average molecular weight is 382 g/mol. The SMILES string of the molecule is O=C(Nc1ccc(Cl)cc1)Nc1c(Cl)cc(Cl)c2ccc(O)cc12. The maximum atomic E-state index is 12.2. The quantitative estimate of drug-likeness (QED) is 0.498. The molecule has 24 heavy (non-hydrogen) atoms. The van der Waals surface area contributed by atoms with Crippen molar-refractivity contribution in [1.29, 1.82) is 0 Å². The first-order valence-electron chi connectivity index (χ1n) is 6.88. The fraction of sp³-hybridized carbons (Fsp3) is 0. The molecule has 0 unspecified atom stereocenters. The number of aromatic hydroxyl groups is 1. The monoisotopic (exact) mass is 380 g/mol. The number of carbonyl (C=O) groups excluding carboxylic acids is 1. The third kappa shape index (κ3) is 3.51. The van der Waals surface area contributed by atoms with E-state index in [-0.39, 0.29) is 10.8 Å². The minimum absolute atomic E-state index is 0.0435. The summed E-state index contributed by atoms with van der Waals surface area (Å²) in [6.07, 6.45) is 0. The summed E-state index contributed by atoms with van der Waals surface area (Å²) in [4.78, 5) is 12.2. The van der Waals surface area contributed by atoms with Gasteiger partial charge in [-0.2, -0.15) is 0 Å². The second-order valence-electron chi connectivity index (χ2n) is 5.03. The maximum Gasteiger partial charge on any atom is 0.323 e. The number of rotatable bonds is 2. The van der Waals surface area contributed by atoms with Crippen LogP contribution in [0.15, 0.2) is 48.5 Å². The number of hydrogen-bond donors (Lipinski definition) is 3. The molecule has 3 N–H and O–H groups in total. The number of benzene rings is 3. The van der Waals surface area contributed by atoms with E-state index < -0.39 is 6.03 Å². The number of hydrogen-bond acceptors (Lipinski definition) is 2. The van der Waals surface area contributed by atoms with Crippen molar-refractivity contribution in [3.63, 3.8) is 0 Å². The van der Waals surface area contributed by atoms with Crippen molar-refractivity contribution in [2.45, 2.75) is 0 Å². The number of carbonyl (C=O) groups is 1. The molecule has 0 aliphatic carbocycles. The first-order valence-corrected chi connectivity index (χ1v) is 8.02. The van der Waals surface area contributed by atoms with E-state index in [0.29, 0.717) is 32.2 Å². The maximum absolute atomic E-state index is 12.2. The van der Waals surface area contributed by atoms with Crippen LogP contribution >= 0.6 is 34.8 Å². The lowest BCUT2D eigenvalue weighted by Crippen LogP contribution is -2.19. The van der Waals surface area contributed by atoms with E-state index in [9.17, 15) is 9.90 Å². The van der Waals surface area contributed by atoms with E-state index in [0.717, 1.165) is 0 Å². The third-order valence-electron chi connectivity index (χ3n) is 3.36. The Hall–Kier alpha value is -2.14. The van der Waals surface area contributed by atoms with Crippen molar-refractivity contribution in [1.82, 2.24) is 0 Å². The molecule has 0 spiro atoms. The highest BCUT2D eigenvalue weighted by molar-refractivity contribution is 6.41. The number of fused-ring (bicyclic) bond motifs is 1. The van der Waals surface area contributed by atoms with Gasteiger partial charge in [0.2, 0.25) is 0 Å². The number of nitrogens with one attached hydrogen (secondary N) is 2. The van der Waals surface area contributed by atoms with Crippen LogP contribution in [0.25, 0.3) is 10.8 Å². The number of anilines is 2. The van der Waals surface area contributed by atoms with E-state index in [1.54, 1.807) is 36.4 Å². The summed E-state index contributed by atoms with van der Waals surface area (Å²) in [7, 11) is 0. The molecule has 3 aromatic rings. The molecule has 0 aliphatic heterocycles. The third-order valence-corrected chi connectivity index (χ3v) is 4.23. The standard InChI is InChI=1S/C17H11Cl3N2O2/c18-9-1-3-10(4-2-9)21-17(24)22-16-13-7-11(23)5-6-12(13)14(19)8-15(16)20/h1-8,23H,(H2,21,22,24). The van der Waals surface area contributed by atoms with Gasteiger partial charge in [-0.25, -0.2) is 4.79 Å². The predicted molar refractivity (Wildman–Crippen MR) is 99.7 cm³/mol. The van der Waals surface area contributed by atoms with Crippen LogP contribution in [-0.4, -0.2) is 11.1 Å². The number of halogens is 3. The van der Waals surface area contributed by atoms with Crippen molar-refractivity contribution in [3.05, 3.63) is 63.6 Å². The molecule has 2 amide bonds. The number of phenolic OH excluding ortho intramolecular Hbond substituents is 1. The first kappa shape index (κ1) is 16.7. The van der Waals surface area contributed by atoms with Gasteiger partial charge in [-0.3, -0.25) is 0 Å². The average Bonchev–Trinajstić information content (AvgIpc) is 2.53. The molecule has 0 aliphatic rings. The Kier molecular flexibility index (Phi) is 4.71. The smallest absolute Gasteiger partial charge is 0.323 e. The Morgan fingerprint density at radius 3 is 2.25 bits per heavy atom. The van der Waals surface area contributed by atoms with E-state index in [1.807, 2.05) is 0 Å². The zero-order chi connectivity index (χ0) is 17.3. The van der Waals surface area contributed by atoms with Crippen LogP contribution in [0.1, 0.15) is 0 Å². The summed E-state index contributed by atoms with van der Waals surface area (Å²) in [5.74, 6) is 0.0435. The van der Waals surface area contributed by atoms with Gasteiger partial charge in [0.15, 0.2) is 0 Å². The largest absolute Gasteiger partial charge is 0.508 e. The Morgan fingerprint density at radius 1 is 0.833 bits per heavy atom. The topological polar surface area (TPSA) is 61.4 Å². The van der Waals surface area contributed by atoms with Gasteiger partial charge in [0.1, 0.15) is 5.75 Å². The minimum atomic E-state index is -0.480. The molecule has 0 heterocycles. The van der Waals surface area contributed by atoms with Crippen LogP contribution in [-0.2, 0) is 0 Å². The fourth-order valence-electron chi connectivity index (χ4n) is 2.27. The molecule has 0 fully saturated rings. The molecule has 122 valence electrons. The highest BCUT2D eigenvalue weighted by Crippen LogP contribution is 2.38. The minimum Gasteiger partial charge on any atom is -0.508 e. The van der Waals surface area contributed by atoms with Gasteiger partial charge in [-0.15, -0.1) is 0 Å². The van der Waals surface area contributed by atoms with Crippen LogP contribution in [0.2, 0.25) is 15.1 Å². The van der Waals surface area contributed by atoms with Crippen LogP contribution < -0.4 is 10.6 Å². The lowest BCUT2D eigenvalue weighted by atomic mass is 10.1. The lowest BCUT2D eigenvalue weighted by Gasteiger charge is -2.13. The van der Waals surface area contributed by atoms with E-state index in [1.165, 1.54) is 12.1 Å². The zero-order valence-electron chi connectivity index (χ0n) is 12.1. The normalized spacial score (nSPS) is 10.6. The summed E-state index contributed by atoms with van der Waals surface area (Å²) in [5.41, 5.74) is 0.938. The summed E-state index contributed by atoms with van der Waals surface area (Å²) < 4.78 is 0. The Morgan fingerprint density at radius 2 is 1.54 bits per heavy atom. The Bertz CT molecular complexity index is 927. The molecular formula is C17H11Cl3N2O2. The van der Waals surface area contributed by atoms with Crippen LogP contribution in [0.4, 0.5) is 16.2 Å². The van der Waals surface area contributed by atoms with Crippen molar-refractivity contribution in [3.8, 4) is 5.75 Å². The van der Waals surface area contributed by atoms with Crippen LogP contribution in [0.3, 0.4) is 0 Å². The van der Waals surface area contributed by atoms with Gasteiger partial charge in [0.05, 0.1) is 15.7 Å². The fourth-order valence-corrected chi connectivity index (χ4v) is 2.99. The lowest BCUT2D eigenvalue weighted by molar-refractivity contribution is 0.262. The summed E-state index contributed by atoms with van der Waals surface area (Å²) in [5, 5.41) is 17.5. The molecule has 0 saturated carbocycles. The molecule has 0 aromatic heterocycles. The predicted octanol–water partition coefficient (Wildman–Crippen LogP) is 6.15. The molecule has 0 atom stereocenters. The number of phenols is 1. The van der Waals surface area contributed by atoms with Crippen molar-refractivity contribution in [2.24, 2.45) is 0 Å². The van der Waals surface area contributed by atoms with E-state index in [4.69, 9.17) is 34.8 Å². The zero-order valence-corrected chi connectivity index (χ0v) is 14.4. The molecule has 3 aromatic carbocycles. The molecule has 0 saturated heterocycles. The van der Waals surface area contributed by atoms with Gasteiger partial charge in [-0.1, -0.05) is 34.8 Å². The molecule has 0 radical (unpaired) electrons. The van der Waals surface area contributed by atoms with Gasteiger partial charge >= 0.3 is 6.03 Å². The van der Waals surface area contributed by atoms with Gasteiger partial charge < -0.3 is 15.7 Å². The molecule has 4 nitrogen and oxygen atoms in total. The molecule has 7 heteroatoms. The summed E-state index contributed by atoms with van der Waals surface area (Å²) in [6.45, 7) is 0. The Labute approximate surface area is 153 Å². The molecule has 3 rings (SSSR count). The van der Waals surface area contributed by atoms with Crippen LogP contribution in [0, 0.1) is 0 Å². The number of urea groups is 1. The van der Waals surface area contributed by atoms with Gasteiger partial charge in [0.25, 0.3) is 0 Å². The highest BCUT2D eigenvalue weighted by atomic mass is 35.5. The van der Waals surface area contributed by atoms with Crippen molar-refractivity contribution >= 4 is 63.0 Å². The van der Waals surface area contributed by atoms with Crippen molar-refractivity contribution < 1.29 is 9.90 Å². The van der Waals surface area contributed by atoms with E-state index in [2.05, 4.69) is 10.6 Å². The Balaban J connectivity index is 1.93. The first-order chi connectivity index (χ1) is 11.4. The summed E-state index contributed by atoms with van der Waals surface area (Å²) in [6, 6.07) is 12.4. The molecular weight excluding hydrogens is 371 g/mol.